The molecule has 1 heterocycles. The predicted molar refractivity (Wildman–Crippen MR) is 83.5 cm³/mol. The van der Waals surface area contributed by atoms with E-state index >= 15 is 0 Å². The maximum Gasteiger partial charge on any atom is 0.0701 e. The molecule has 0 saturated carbocycles. The van der Waals surface area contributed by atoms with Crippen LogP contribution in [-0.2, 0) is 0 Å². The Kier molecular flexibility index (Phi) is 4.60. The third kappa shape index (κ3) is 3.02. The van der Waals surface area contributed by atoms with Crippen LogP contribution in [0.4, 0.5) is 0 Å². The monoisotopic (exact) mass is 323 g/mol. The fraction of sp³-hybridized carbons (Fsp3) is 0.333. The minimum Gasteiger partial charge on any atom is -0.307 e. The lowest BCUT2D eigenvalue weighted by Crippen LogP contribution is -2.21. The largest absolute Gasteiger partial charge is 0.307 e. The van der Waals surface area contributed by atoms with Crippen molar-refractivity contribution in [3.63, 3.8) is 0 Å². The lowest BCUT2D eigenvalue weighted by atomic mass is 9.97. The van der Waals surface area contributed by atoms with Gasteiger partial charge >= 0.3 is 0 Å². The second kappa shape index (κ2) is 6.00. The van der Waals surface area contributed by atoms with Gasteiger partial charge in [-0.3, -0.25) is 0 Å². The normalized spacial score (nSPS) is 12.7. The van der Waals surface area contributed by atoms with Crippen LogP contribution in [-0.4, -0.2) is 6.54 Å². The summed E-state index contributed by atoms with van der Waals surface area (Å²) in [7, 11) is 0. The zero-order valence-corrected chi connectivity index (χ0v) is 13.4. The van der Waals surface area contributed by atoms with E-state index in [0.29, 0.717) is 0 Å². The van der Waals surface area contributed by atoms with Crippen LogP contribution in [0.3, 0.4) is 0 Å². The molecule has 1 aromatic heterocycles. The van der Waals surface area contributed by atoms with Gasteiger partial charge in [-0.05, 0) is 70.0 Å². The van der Waals surface area contributed by atoms with Crippen molar-refractivity contribution in [1.82, 2.24) is 5.32 Å². The molecule has 1 unspecified atom stereocenters. The van der Waals surface area contributed by atoms with E-state index in [4.69, 9.17) is 0 Å². The Morgan fingerprint density at radius 1 is 1.17 bits per heavy atom. The van der Waals surface area contributed by atoms with Crippen molar-refractivity contribution in [1.29, 1.82) is 0 Å². The molecule has 1 N–H and O–H groups in total. The summed E-state index contributed by atoms with van der Waals surface area (Å²) in [6, 6.07) is 9.20. The average molecular weight is 324 g/mol. The van der Waals surface area contributed by atoms with E-state index in [9.17, 15) is 0 Å². The minimum absolute atomic E-state index is 0.289. The van der Waals surface area contributed by atoms with E-state index in [-0.39, 0.29) is 6.04 Å². The van der Waals surface area contributed by atoms with Crippen LogP contribution in [0.1, 0.15) is 35.2 Å². The molecular formula is C15H18BrNS. The second-order valence-corrected chi connectivity index (χ2v) is 6.81. The zero-order valence-electron chi connectivity index (χ0n) is 11.0. The molecule has 1 aromatic carbocycles. The molecule has 0 amide bonds. The highest BCUT2D eigenvalue weighted by atomic mass is 79.9. The smallest absolute Gasteiger partial charge is 0.0701 e. The number of nitrogens with one attached hydrogen (secondary N) is 1. The van der Waals surface area contributed by atoms with Gasteiger partial charge in [0.1, 0.15) is 0 Å². The molecule has 0 bridgehead atoms. The van der Waals surface area contributed by atoms with Crippen LogP contribution >= 0.6 is 27.3 Å². The first kappa shape index (κ1) is 13.8. The first-order chi connectivity index (χ1) is 8.61. The van der Waals surface area contributed by atoms with E-state index < -0.39 is 0 Å². The first-order valence-electron chi connectivity index (χ1n) is 6.16. The van der Waals surface area contributed by atoms with Crippen molar-refractivity contribution < 1.29 is 0 Å². The third-order valence-electron chi connectivity index (χ3n) is 3.19. The number of halogens is 1. The molecule has 96 valence electrons. The summed E-state index contributed by atoms with van der Waals surface area (Å²) < 4.78 is 1.18. The molecule has 1 nitrogen and oxygen atoms in total. The van der Waals surface area contributed by atoms with Gasteiger partial charge in [0, 0.05) is 0 Å². The highest BCUT2D eigenvalue weighted by Gasteiger charge is 2.14. The summed E-state index contributed by atoms with van der Waals surface area (Å²) in [5.41, 5.74) is 5.37. The Morgan fingerprint density at radius 2 is 1.94 bits per heavy atom. The number of hydrogen-bond donors (Lipinski definition) is 1. The van der Waals surface area contributed by atoms with E-state index in [1.807, 2.05) is 0 Å². The standard InChI is InChI=1S/C15H18BrNS/c1-4-17-15(13-8-14(16)18-9-13)12-6-5-10(2)11(3)7-12/h5-9,15,17H,4H2,1-3H3. The van der Waals surface area contributed by atoms with Crippen LogP contribution in [0.2, 0.25) is 0 Å². The first-order valence-corrected chi connectivity index (χ1v) is 7.83. The van der Waals surface area contributed by atoms with Crippen LogP contribution in [0.5, 0.6) is 0 Å². The van der Waals surface area contributed by atoms with Gasteiger partial charge in [-0.25, -0.2) is 0 Å². The number of benzene rings is 1. The summed E-state index contributed by atoms with van der Waals surface area (Å²) in [6.07, 6.45) is 0. The summed E-state index contributed by atoms with van der Waals surface area (Å²) in [6.45, 7) is 7.44. The van der Waals surface area contributed by atoms with Crippen molar-refractivity contribution >= 4 is 27.3 Å². The second-order valence-electron chi connectivity index (χ2n) is 4.52. The van der Waals surface area contributed by atoms with Crippen LogP contribution in [0.25, 0.3) is 0 Å². The van der Waals surface area contributed by atoms with Crippen molar-refractivity contribution in [3.8, 4) is 0 Å². The number of hydrogen-bond acceptors (Lipinski definition) is 2. The molecule has 2 aromatic rings. The van der Waals surface area contributed by atoms with Gasteiger partial charge in [0.25, 0.3) is 0 Å². The van der Waals surface area contributed by atoms with Gasteiger partial charge < -0.3 is 5.32 Å². The highest BCUT2D eigenvalue weighted by Crippen LogP contribution is 2.30. The molecule has 0 aliphatic carbocycles. The summed E-state index contributed by atoms with van der Waals surface area (Å²) in [4.78, 5) is 0. The number of aryl methyl sites for hydroxylation is 2. The topological polar surface area (TPSA) is 12.0 Å². The van der Waals surface area contributed by atoms with Gasteiger partial charge in [-0.2, -0.15) is 0 Å². The SMILES string of the molecule is CCNC(c1csc(Br)c1)c1ccc(C)c(C)c1. The summed E-state index contributed by atoms with van der Waals surface area (Å²) in [5.74, 6) is 0. The molecule has 3 heteroatoms. The fourth-order valence-electron chi connectivity index (χ4n) is 2.05. The molecule has 18 heavy (non-hydrogen) atoms. The van der Waals surface area contributed by atoms with Crippen molar-refractivity contribution in [2.24, 2.45) is 0 Å². The maximum atomic E-state index is 3.56. The maximum absolute atomic E-state index is 3.56. The molecule has 1 atom stereocenters. The Morgan fingerprint density at radius 3 is 2.50 bits per heavy atom. The molecular weight excluding hydrogens is 306 g/mol. The Balaban J connectivity index is 2.37. The molecule has 0 fully saturated rings. The van der Waals surface area contributed by atoms with Gasteiger partial charge in [0.15, 0.2) is 0 Å². The minimum atomic E-state index is 0.289. The van der Waals surface area contributed by atoms with Gasteiger partial charge in [-0.1, -0.05) is 25.1 Å². The van der Waals surface area contributed by atoms with Crippen LogP contribution in [0, 0.1) is 13.8 Å². The Labute approximate surface area is 121 Å². The fourth-order valence-corrected chi connectivity index (χ4v) is 3.25. The van der Waals surface area contributed by atoms with Crippen molar-refractivity contribution in [2.75, 3.05) is 6.54 Å². The quantitative estimate of drug-likeness (QED) is 0.850. The van der Waals surface area contributed by atoms with Crippen LogP contribution in [0.15, 0.2) is 33.4 Å². The Hall–Kier alpha value is -0.640. The lowest BCUT2D eigenvalue weighted by molar-refractivity contribution is 0.632. The molecule has 0 saturated heterocycles. The van der Waals surface area contributed by atoms with Crippen molar-refractivity contribution in [2.45, 2.75) is 26.8 Å². The van der Waals surface area contributed by atoms with Crippen LogP contribution < -0.4 is 5.32 Å². The van der Waals surface area contributed by atoms with E-state index in [0.717, 1.165) is 6.54 Å². The summed E-state index contributed by atoms with van der Waals surface area (Å²) in [5, 5.41) is 5.78. The van der Waals surface area contributed by atoms with E-state index in [1.165, 1.54) is 26.0 Å². The predicted octanol–water partition coefficient (Wildman–Crippen LogP) is 4.83. The van der Waals surface area contributed by atoms with Crippen molar-refractivity contribution in [3.05, 3.63) is 55.7 Å². The third-order valence-corrected chi connectivity index (χ3v) is 4.72. The van der Waals surface area contributed by atoms with Gasteiger partial charge in [0.05, 0.1) is 9.83 Å². The van der Waals surface area contributed by atoms with Gasteiger partial charge in [0.2, 0.25) is 0 Å². The van der Waals surface area contributed by atoms with Gasteiger partial charge in [-0.15, -0.1) is 11.3 Å². The number of thiophene rings is 1. The zero-order chi connectivity index (χ0) is 13.1. The van der Waals surface area contributed by atoms with E-state index in [2.05, 4.69) is 71.7 Å². The Bertz CT molecular complexity index is 533. The molecule has 0 aliphatic heterocycles. The molecule has 0 spiro atoms. The lowest BCUT2D eigenvalue weighted by Gasteiger charge is -2.18. The highest BCUT2D eigenvalue weighted by molar-refractivity contribution is 9.11. The average Bonchev–Trinajstić information content (AvgIpc) is 2.76. The molecule has 2 rings (SSSR count). The number of rotatable bonds is 4. The van der Waals surface area contributed by atoms with E-state index in [1.54, 1.807) is 11.3 Å². The molecule has 0 aliphatic rings. The molecule has 0 radical (unpaired) electrons. The summed E-state index contributed by atoms with van der Waals surface area (Å²) >= 11 is 5.28.